The first-order chi connectivity index (χ1) is 15.1. The van der Waals surface area contributed by atoms with Gasteiger partial charge in [-0.25, -0.2) is 0 Å². The zero-order valence-electron chi connectivity index (χ0n) is 16.8. The number of hydrogen-bond acceptors (Lipinski definition) is 4. The van der Waals surface area contributed by atoms with Crippen LogP contribution in [0.4, 0.5) is 5.69 Å². The lowest BCUT2D eigenvalue weighted by atomic mass is 10.1. The number of nitrogens with one attached hydrogen (secondary N) is 3. The molecule has 0 atom stereocenters. The standard InChI is InChI=1S/C24H23N3O4/c28-22(25-20-9-5-2-6-10-20)15-16-23(29)26-27-24(30)17-31-21-13-11-19(12-14-21)18-7-3-1-4-8-18/h1-14H,15-17H2,(H,25,28)(H,26,29)(H,27,30). The van der Waals surface area contributed by atoms with Gasteiger partial charge in [-0.2, -0.15) is 0 Å². The van der Waals surface area contributed by atoms with Crippen LogP contribution in [-0.4, -0.2) is 24.3 Å². The van der Waals surface area contributed by atoms with E-state index in [1.54, 1.807) is 36.4 Å². The number of amides is 3. The highest BCUT2D eigenvalue weighted by Crippen LogP contribution is 2.21. The van der Waals surface area contributed by atoms with Gasteiger partial charge in [-0.15, -0.1) is 0 Å². The molecule has 7 heteroatoms. The van der Waals surface area contributed by atoms with Crippen LogP contribution in [0.2, 0.25) is 0 Å². The molecule has 0 heterocycles. The number of hydrogen-bond donors (Lipinski definition) is 3. The van der Waals surface area contributed by atoms with Crippen molar-refractivity contribution in [2.75, 3.05) is 11.9 Å². The van der Waals surface area contributed by atoms with Crippen LogP contribution >= 0.6 is 0 Å². The number of carbonyl (C=O) groups is 3. The lowest BCUT2D eigenvalue weighted by Crippen LogP contribution is -2.44. The second-order valence-electron chi connectivity index (χ2n) is 6.69. The molecular weight excluding hydrogens is 394 g/mol. The van der Waals surface area contributed by atoms with Gasteiger partial charge in [0.2, 0.25) is 11.8 Å². The van der Waals surface area contributed by atoms with Crippen LogP contribution in [0.3, 0.4) is 0 Å². The van der Waals surface area contributed by atoms with E-state index < -0.39 is 11.8 Å². The molecule has 0 radical (unpaired) electrons. The van der Waals surface area contributed by atoms with Gasteiger partial charge >= 0.3 is 0 Å². The molecule has 0 fully saturated rings. The third kappa shape index (κ3) is 7.32. The van der Waals surface area contributed by atoms with E-state index in [-0.39, 0.29) is 25.4 Å². The molecule has 0 aliphatic rings. The predicted octanol–water partition coefficient (Wildman–Crippen LogP) is 3.30. The minimum Gasteiger partial charge on any atom is -0.484 e. The maximum absolute atomic E-state index is 11.9. The number of anilines is 1. The van der Waals surface area contributed by atoms with Crippen LogP contribution in [0.1, 0.15) is 12.8 Å². The molecule has 158 valence electrons. The summed E-state index contributed by atoms with van der Waals surface area (Å²) >= 11 is 0. The summed E-state index contributed by atoms with van der Waals surface area (Å²) in [6.07, 6.45) is -0.0540. The lowest BCUT2D eigenvalue weighted by Gasteiger charge is -2.09. The summed E-state index contributed by atoms with van der Waals surface area (Å²) in [6, 6.07) is 26.2. The molecule has 3 aromatic rings. The van der Waals surface area contributed by atoms with Gasteiger partial charge in [-0.1, -0.05) is 60.7 Å². The maximum atomic E-state index is 11.9. The van der Waals surface area contributed by atoms with Gasteiger partial charge in [0.15, 0.2) is 6.61 Å². The Balaban J connectivity index is 1.33. The van der Waals surface area contributed by atoms with Crippen LogP contribution in [0.15, 0.2) is 84.9 Å². The smallest absolute Gasteiger partial charge is 0.276 e. The number of ether oxygens (including phenoxy) is 1. The molecule has 0 aliphatic heterocycles. The third-order valence-corrected chi connectivity index (χ3v) is 4.31. The largest absolute Gasteiger partial charge is 0.484 e. The van der Waals surface area contributed by atoms with Gasteiger partial charge in [0.25, 0.3) is 5.91 Å². The summed E-state index contributed by atoms with van der Waals surface area (Å²) in [4.78, 5) is 35.5. The van der Waals surface area contributed by atoms with Crippen molar-refractivity contribution in [2.45, 2.75) is 12.8 Å². The highest BCUT2D eigenvalue weighted by atomic mass is 16.5. The van der Waals surface area contributed by atoms with Crippen molar-refractivity contribution in [3.8, 4) is 16.9 Å². The maximum Gasteiger partial charge on any atom is 0.276 e. The molecular formula is C24H23N3O4. The molecule has 7 nitrogen and oxygen atoms in total. The van der Waals surface area contributed by atoms with Crippen molar-refractivity contribution in [1.29, 1.82) is 0 Å². The van der Waals surface area contributed by atoms with Crippen molar-refractivity contribution in [3.05, 3.63) is 84.9 Å². The van der Waals surface area contributed by atoms with E-state index in [9.17, 15) is 14.4 Å². The monoisotopic (exact) mass is 417 g/mol. The Morgan fingerprint density at radius 3 is 1.84 bits per heavy atom. The zero-order valence-corrected chi connectivity index (χ0v) is 16.8. The minimum absolute atomic E-state index is 0.000854. The Kier molecular flexibility index (Phi) is 7.77. The van der Waals surface area contributed by atoms with Crippen LogP contribution in [0.25, 0.3) is 11.1 Å². The second-order valence-corrected chi connectivity index (χ2v) is 6.69. The van der Waals surface area contributed by atoms with Gasteiger partial charge in [0.05, 0.1) is 0 Å². The van der Waals surface area contributed by atoms with Crippen molar-refractivity contribution in [1.82, 2.24) is 10.9 Å². The minimum atomic E-state index is -0.505. The summed E-state index contributed by atoms with van der Waals surface area (Å²) in [7, 11) is 0. The van der Waals surface area contributed by atoms with Crippen LogP contribution < -0.4 is 20.9 Å². The molecule has 0 spiro atoms. The fourth-order valence-electron chi connectivity index (χ4n) is 2.73. The molecule has 3 amide bonds. The molecule has 0 unspecified atom stereocenters. The molecule has 0 aliphatic carbocycles. The normalized spacial score (nSPS) is 10.1. The Labute approximate surface area is 180 Å². The van der Waals surface area contributed by atoms with Crippen molar-refractivity contribution in [2.24, 2.45) is 0 Å². The van der Waals surface area contributed by atoms with Crippen LogP contribution in [-0.2, 0) is 14.4 Å². The second kappa shape index (κ2) is 11.2. The molecule has 0 saturated heterocycles. The molecule has 0 saturated carbocycles. The first kappa shape index (κ1) is 21.6. The van der Waals surface area contributed by atoms with Gasteiger partial charge < -0.3 is 10.1 Å². The molecule has 0 bridgehead atoms. The lowest BCUT2D eigenvalue weighted by molar-refractivity contribution is -0.130. The van der Waals surface area contributed by atoms with Gasteiger partial charge in [0, 0.05) is 18.5 Å². The summed E-state index contributed by atoms with van der Waals surface area (Å²) in [6.45, 7) is -0.251. The van der Waals surface area contributed by atoms with E-state index >= 15 is 0 Å². The molecule has 3 aromatic carbocycles. The van der Waals surface area contributed by atoms with E-state index in [1.165, 1.54) is 0 Å². The topological polar surface area (TPSA) is 96.5 Å². The average Bonchev–Trinajstić information content (AvgIpc) is 2.81. The van der Waals surface area contributed by atoms with Crippen molar-refractivity contribution >= 4 is 23.4 Å². The number of hydrazine groups is 1. The zero-order chi connectivity index (χ0) is 21.9. The summed E-state index contributed by atoms with van der Waals surface area (Å²) < 4.78 is 5.43. The number of rotatable bonds is 8. The fourth-order valence-corrected chi connectivity index (χ4v) is 2.73. The van der Waals surface area contributed by atoms with E-state index in [4.69, 9.17) is 4.74 Å². The fraction of sp³-hybridized carbons (Fsp3) is 0.125. The summed E-state index contributed by atoms with van der Waals surface area (Å²) in [5, 5.41) is 2.69. The molecule has 3 N–H and O–H groups in total. The Bertz CT molecular complexity index is 1010. The summed E-state index contributed by atoms with van der Waals surface area (Å²) in [5.74, 6) is -0.716. The van der Waals surface area contributed by atoms with Gasteiger partial charge in [-0.05, 0) is 35.4 Å². The highest BCUT2D eigenvalue weighted by Gasteiger charge is 2.09. The quantitative estimate of drug-likeness (QED) is 0.490. The van der Waals surface area contributed by atoms with E-state index in [0.717, 1.165) is 11.1 Å². The van der Waals surface area contributed by atoms with Gasteiger partial charge in [0.1, 0.15) is 5.75 Å². The first-order valence-electron chi connectivity index (χ1n) is 9.81. The van der Waals surface area contributed by atoms with E-state index in [1.807, 2.05) is 48.5 Å². The van der Waals surface area contributed by atoms with Gasteiger partial charge in [-0.3, -0.25) is 25.2 Å². The van der Waals surface area contributed by atoms with Crippen molar-refractivity contribution in [3.63, 3.8) is 0 Å². The van der Waals surface area contributed by atoms with Crippen LogP contribution in [0, 0.1) is 0 Å². The number of carbonyl (C=O) groups excluding carboxylic acids is 3. The number of benzene rings is 3. The number of para-hydroxylation sites is 1. The average molecular weight is 417 g/mol. The van der Waals surface area contributed by atoms with E-state index in [2.05, 4.69) is 16.2 Å². The molecule has 0 aromatic heterocycles. The predicted molar refractivity (Wildman–Crippen MR) is 118 cm³/mol. The van der Waals surface area contributed by atoms with E-state index in [0.29, 0.717) is 11.4 Å². The highest BCUT2D eigenvalue weighted by molar-refractivity contribution is 5.93. The van der Waals surface area contributed by atoms with Crippen LogP contribution in [0.5, 0.6) is 5.75 Å². The molecule has 3 rings (SSSR count). The third-order valence-electron chi connectivity index (χ3n) is 4.31. The first-order valence-corrected chi connectivity index (χ1v) is 9.81. The Morgan fingerprint density at radius 1 is 0.613 bits per heavy atom. The van der Waals surface area contributed by atoms with Crippen molar-refractivity contribution < 1.29 is 19.1 Å². The molecule has 31 heavy (non-hydrogen) atoms. The SMILES string of the molecule is O=C(CCC(=O)Nc1ccccc1)NNC(=O)COc1ccc(-c2ccccc2)cc1. The Hall–Kier alpha value is -4.13. The summed E-state index contributed by atoms with van der Waals surface area (Å²) in [5.41, 5.74) is 7.33. The Morgan fingerprint density at radius 2 is 1.16 bits per heavy atom.